The Hall–Kier alpha value is -1.23. The van der Waals surface area contributed by atoms with Gasteiger partial charge in [-0.3, -0.25) is 11.3 Å². The molecule has 4 heteroatoms. The lowest BCUT2D eigenvalue weighted by molar-refractivity contribution is 0.484. The molecule has 3 N–H and O–H groups in total. The summed E-state index contributed by atoms with van der Waals surface area (Å²) in [5.41, 5.74) is 4.02. The monoisotopic (exact) mass is 264 g/mol. The lowest BCUT2D eigenvalue weighted by Gasteiger charge is -2.17. The topological polar surface area (TPSA) is 38.0 Å². The number of benzene rings is 1. The van der Waals surface area contributed by atoms with Gasteiger partial charge in [0.2, 0.25) is 0 Å². The first-order valence-corrected chi connectivity index (χ1v) is 6.84. The van der Waals surface area contributed by atoms with Crippen molar-refractivity contribution in [3.05, 3.63) is 57.5 Å². The summed E-state index contributed by atoms with van der Waals surface area (Å²) in [5, 5.41) is 2.05. The van der Waals surface area contributed by atoms with E-state index in [1.165, 1.54) is 4.88 Å². The second kappa shape index (κ2) is 6.09. The average Bonchev–Trinajstić information content (AvgIpc) is 2.88. The molecule has 0 saturated carbocycles. The third kappa shape index (κ3) is 2.96. The van der Waals surface area contributed by atoms with Crippen LogP contribution >= 0.6 is 11.3 Å². The molecule has 0 aliphatic heterocycles. The number of nitrogens with one attached hydrogen (secondary N) is 1. The Morgan fingerprint density at radius 1 is 1.33 bits per heavy atom. The van der Waals surface area contributed by atoms with Gasteiger partial charge in [0.1, 0.15) is 5.82 Å². The van der Waals surface area contributed by atoms with Crippen LogP contribution in [-0.2, 0) is 6.42 Å². The average molecular weight is 264 g/mol. The molecule has 0 amide bonds. The van der Waals surface area contributed by atoms with Gasteiger partial charge in [-0.15, -0.1) is 11.3 Å². The van der Waals surface area contributed by atoms with Crippen molar-refractivity contribution in [1.29, 1.82) is 0 Å². The molecule has 0 spiro atoms. The van der Waals surface area contributed by atoms with Crippen LogP contribution in [0.4, 0.5) is 4.39 Å². The highest BCUT2D eigenvalue weighted by atomic mass is 32.1. The molecular weight excluding hydrogens is 247 g/mol. The quantitative estimate of drug-likeness (QED) is 0.642. The van der Waals surface area contributed by atoms with E-state index in [0.29, 0.717) is 11.1 Å². The second-order valence-electron chi connectivity index (χ2n) is 4.32. The highest BCUT2D eigenvalue weighted by Gasteiger charge is 2.15. The predicted octanol–water partition coefficient (Wildman–Crippen LogP) is 3.33. The molecule has 1 unspecified atom stereocenters. The van der Waals surface area contributed by atoms with Gasteiger partial charge in [0.15, 0.2) is 0 Å². The highest BCUT2D eigenvalue weighted by Crippen LogP contribution is 2.24. The molecule has 2 aromatic rings. The minimum atomic E-state index is -0.161. The minimum Gasteiger partial charge on any atom is -0.271 e. The van der Waals surface area contributed by atoms with E-state index in [0.717, 1.165) is 12.8 Å². The SMILES string of the molecule is Cc1cccc(C(CCc2cccs2)NN)c1F. The van der Waals surface area contributed by atoms with E-state index in [-0.39, 0.29) is 11.9 Å². The highest BCUT2D eigenvalue weighted by molar-refractivity contribution is 7.09. The Morgan fingerprint density at radius 2 is 2.17 bits per heavy atom. The Morgan fingerprint density at radius 3 is 2.83 bits per heavy atom. The molecular formula is C14H17FN2S. The maximum absolute atomic E-state index is 14.0. The molecule has 0 aliphatic carbocycles. The fraction of sp³-hybridized carbons (Fsp3) is 0.286. The van der Waals surface area contributed by atoms with Crippen LogP contribution in [0.25, 0.3) is 0 Å². The first-order valence-electron chi connectivity index (χ1n) is 5.96. The van der Waals surface area contributed by atoms with Crippen molar-refractivity contribution < 1.29 is 4.39 Å². The maximum atomic E-state index is 14.0. The fourth-order valence-corrected chi connectivity index (χ4v) is 2.73. The van der Waals surface area contributed by atoms with Crippen LogP contribution in [-0.4, -0.2) is 0 Å². The van der Waals surface area contributed by atoms with E-state index in [1.807, 2.05) is 17.5 Å². The molecule has 2 rings (SSSR count). The van der Waals surface area contributed by atoms with Gasteiger partial charge in [-0.25, -0.2) is 4.39 Å². The van der Waals surface area contributed by atoms with Gasteiger partial charge in [-0.05, 0) is 36.8 Å². The zero-order valence-corrected chi connectivity index (χ0v) is 11.1. The van der Waals surface area contributed by atoms with E-state index >= 15 is 0 Å². The van der Waals surface area contributed by atoms with E-state index in [9.17, 15) is 4.39 Å². The van der Waals surface area contributed by atoms with Gasteiger partial charge in [0, 0.05) is 16.5 Å². The number of nitrogens with two attached hydrogens (primary N) is 1. The van der Waals surface area contributed by atoms with Gasteiger partial charge >= 0.3 is 0 Å². The Kier molecular flexibility index (Phi) is 4.47. The molecule has 1 atom stereocenters. The molecule has 1 aromatic heterocycles. The molecule has 1 aromatic carbocycles. The molecule has 0 bridgehead atoms. The number of hydrogen-bond donors (Lipinski definition) is 2. The van der Waals surface area contributed by atoms with Crippen molar-refractivity contribution in [2.24, 2.45) is 5.84 Å². The normalized spacial score (nSPS) is 12.6. The number of rotatable bonds is 5. The van der Waals surface area contributed by atoms with Crippen molar-refractivity contribution in [3.63, 3.8) is 0 Å². The zero-order valence-electron chi connectivity index (χ0n) is 10.3. The predicted molar refractivity (Wildman–Crippen MR) is 73.8 cm³/mol. The summed E-state index contributed by atoms with van der Waals surface area (Å²) < 4.78 is 14.0. The van der Waals surface area contributed by atoms with Crippen molar-refractivity contribution in [2.75, 3.05) is 0 Å². The summed E-state index contributed by atoms with van der Waals surface area (Å²) in [6, 6.07) is 9.39. The van der Waals surface area contributed by atoms with E-state index in [1.54, 1.807) is 30.4 Å². The van der Waals surface area contributed by atoms with Crippen LogP contribution in [0.2, 0.25) is 0 Å². The maximum Gasteiger partial charge on any atom is 0.130 e. The van der Waals surface area contributed by atoms with Gasteiger partial charge < -0.3 is 0 Å². The van der Waals surface area contributed by atoms with Crippen LogP contribution in [0.3, 0.4) is 0 Å². The van der Waals surface area contributed by atoms with Crippen molar-refractivity contribution in [3.8, 4) is 0 Å². The summed E-state index contributed by atoms with van der Waals surface area (Å²) in [5.74, 6) is 5.39. The molecule has 96 valence electrons. The smallest absolute Gasteiger partial charge is 0.130 e. The number of halogens is 1. The second-order valence-corrected chi connectivity index (χ2v) is 5.35. The first-order chi connectivity index (χ1) is 8.72. The molecule has 0 radical (unpaired) electrons. The van der Waals surface area contributed by atoms with Crippen molar-refractivity contribution >= 4 is 11.3 Å². The summed E-state index contributed by atoms with van der Waals surface area (Å²) in [6.45, 7) is 1.77. The van der Waals surface area contributed by atoms with Crippen molar-refractivity contribution in [2.45, 2.75) is 25.8 Å². The van der Waals surface area contributed by atoms with Gasteiger partial charge in [-0.1, -0.05) is 24.3 Å². The summed E-state index contributed by atoms with van der Waals surface area (Å²) >= 11 is 1.72. The van der Waals surface area contributed by atoms with Crippen molar-refractivity contribution in [1.82, 2.24) is 5.43 Å². The fourth-order valence-electron chi connectivity index (χ4n) is 2.01. The molecule has 0 aliphatic rings. The van der Waals surface area contributed by atoms with E-state index in [2.05, 4.69) is 11.5 Å². The van der Waals surface area contributed by atoms with E-state index in [4.69, 9.17) is 5.84 Å². The summed E-state index contributed by atoms with van der Waals surface area (Å²) in [6.07, 6.45) is 1.69. The van der Waals surface area contributed by atoms with Gasteiger partial charge in [-0.2, -0.15) is 0 Å². The molecule has 0 saturated heterocycles. The summed E-state index contributed by atoms with van der Waals surface area (Å²) in [4.78, 5) is 1.29. The third-order valence-corrected chi connectivity index (χ3v) is 3.99. The molecule has 2 nitrogen and oxygen atoms in total. The standard InChI is InChI=1S/C14H17FN2S/c1-10-4-2-6-12(14(10)15)13(17-16)8-7-11-5-3-9-18-11/h2-6,9,13,17H,7-8,16H2,1H3. The molecule has 0 fully saturated rings. The Bertz CT molecular complexity index is 497. The van der Waals surface area contributed by atoms with Crippen LogP contribution in [0.1, 0.15) is 28.5 Å². The van der Waals surface area contributed by atoms with Crippen LogP contribution in [0, 0.1) is 12.7 Å². The Labute approximate surface area is 111 Å². The number of hydrazine groups is 1. The number of aryl methyl sites for hydroxylation is 2. The van der Waals surface area contributed by atoms with Crippen LogP contribution < -0.4 is 11.3 Å². The van der Waals surface area contributed by atoms with Crippen LogP contribution in [0.15, 0.2) is 35.7 Å². The Balaban J connectivity index is 2.10. The van der Waals surface area contributed by atoms with Gasteiger partial charge in [0.25, 0.3) is 0 Å². The lowest BCUT2D eigenvalue weighted by atomic mass is 9.99. The molecule has 1 heterocycles. The number of thiophene rings is 1. The van der Waals surface area contributed by atoms with Crippen LogP contribution in [0.5, 0.6) is 0 Å². The third-order valence-electron chi connectivity index (χ3n) is 3.06. The molecule has 18 heavy (non-hydrogen) atoms. The minimum absolute atomic E-state index is 0.146. The lowest BCUT2D eigenvalue weighted by Crippen LogP contribution is -2.29. The number of hydrogen-bond acceptors (Lipinski definition) is 3. The van der Waals surface area contributed by atoms with E-state index < -0.39 is 0 Å². The first kappa shape index (κ1) is 13.2. The van der Waals surface area contributed by atoms with Gasteiger partial charge in [0.05, 0.1) is 0 Å². The summed E-state index contributed by atoms with van der Waals surface area (Å²) in [7, 11) is 0. The largest absolute Gasteiger partial charge is 0.271 e. The zero-order chi connectivity index (χ0) is 13.0.